The molecule has 0 unspecified atom stereocenters. The Morgan fingerprint density at radius 1 is 1.00 bits per heavy atom. The summed E-state index contributed by atoms with van der Waals surface area (Å²) in [4.78, 5) is 13.0. The molecule has 0 spiro atoms. The van der Waals surface area contributed by atoms with Gasteiger partial charge in [0.1, 0.15) is 6.10 Å². The second kappa shape index (κ2) is 11.2. The van der Waals surface area contributed by atoms with Gasteiger partial charge in [0, 0.05) is 12.3 Å². The van der Waals surface area contributed by atoms with E-state index in [4.69, 9.17) is 4.74 Å². The molecule has 0 aromatic carbocycles. The molecule has 5 rings (SSSR count). The number of allylic oxidation sites excluding steroid dienone is 5. The zero-order valence-electron chi connectivity index (χ0n) is 26.3. The molecule has 5 aliphatic rings. The first-order valence-electron chi connectivity index (χ1n) is 16.7. The van der Waals surface area contributed by atoms with E-state index in [9.17, 15) is 4.79 Å². The van der Waals surface area contributed by atoms with Crippen LogP contribution < -0.4 is 0 Å². The van der Waals surface area contributed by atoms with E-state index >= 15 is 0 Å². The predicted octanol–water partition coefficient (Wildman–Crippen LogP) is 10.1. The largest absolute Gasteiger partial charge is 0.462 e. The van der Waals surface area contributed by atoms with Crippen LogP contribution in [0.3, 0.4) is 0 Å². The Labute approximate surface area is 240 Å². The van der Waals surface area contributed by atoms with Crippen LogP contribution in [-0.4, -0.2) is 12.1 Å². The number of esters is 1. The molecule has 3 saturated carbocycles. The molecule has 218 valence electrons. The number of hydrogen-bond donors (Lipinski definition) is 0. The first-order chi connectivity index (χ1) is 18.4. The normalized spacial score (nSPS) is 38.8. The highest BCUT2D eigenvalue weighted by molar-refractivity contribution is 5.70. The van der Waals surface area contributed by atoms with Gasteiger partial charge in [-0.05, 0) is 96.7 Å². The summed E-state index contributed by atoms with van der Waals surface area (Å²) in [5.74, 6) is 5.53. The maximum atomic E-state index is 13.0. The average Bonchev–Trinajstić information content (AvgIpc) is 3.52. The number of carbonyl (C=O) groups is 1. The maximum absolute atomic E-state index is 13.0. The molecule has 0 radical (unpaired) electrons. The van der Waals surface area contributed by atoms with Crippen molar-refractivity contribution in [3.63, 3.8) is 0 Å². The van der Waals surface area contributed by atoms with Gasteiger partial charge in [0.2, 0.25) is 0 Å². The smallest absolute Gasteiger partial charge is 0.306 e. The Morgan fingerprint density at radius 3 is 2.46 bits per heavy atom. The number of carbonyl (C=O) groups excluding carboxylic acids is 1. The quantitative estimate of drug-likeness (QED) is 0.217. The molecule has 0 aromatic rings. The van der Waals surface area contributed by atoms with Crippen molar-refractivity contribution in [3.8, 4) is 0 Å². The first-order valence-corrected chi connectivity index (χ1v) is 16.7. The summed E-state index contributed by atoms with van der Waals surface area (Å²) in [7, 11) is 0. The molecule has 2 heteroatoms. The summed E-state index contributed by atoms with van der Waals surface area (Å²) >= 11 is 0. The van der Waals surface area contributed by atoms with Crippen molar-refractivity contribution in [3.05, 3.63) is 36.0 Å². The van der Waals surface area contributed by atoms with Crippen molar-refractivity contribution < 1.29 is 9.53 Å². The highest BCUT2D eigenvalue weighted by atomic mass is 16.5. The summed E-state index contributed by atoms with van der Waals surface area (Å²) < 4.78 is 6.16. The highest BCUT2D eigenvalue weighted by Crippen LogP contribution is 2.67. The predicted molar refractivity (Wildman–Crippen MR) is 163 cm³/mol. The number of ether oxygens (including phenoxy) is 1. The third-order valence-electron chi connectivity index (χ3n) is 12.8. The van der Waals surface area contributed by atoms with Gasteiger partial charge in [0.05, 0.1) is 6.42 Å². The Hall–Kier alpha value is -1.31. The lowest BCUT2D eigenvalue weighted by Crippen LogP contribution is -2.51. The minimum Gasteiger partial charge on any atom is -0.462 e. The van der Waals surface area contributed by atoms with Crippen LogP contribution >= 0.6 is 0 Å². The third-order valence-corrected chi connectivity index (χ3v) is 12.8. The van der Waals surface area contributed by atoms with E-state index in [0.29, 0.717) is 23.2 Å². The van der Waals surface area contributed by atoms with Crippen molar-refractivity contribution in [2.45, 2.75) is 132 Å². The Balaban J connectivity index is 1.21. The molecule has 39 heavy (non-hydrogen) atoms. The van der Waals surface area contributed by atoms with Crippen LogP contribution in [0.2, 0.25) is 0 Å². The van der Waals surface area contributed by atoms with Crippen LogP contribution in [0.4, 0.5) is 0 Å². The van der Waals surface area contributed by atoms with E-state index < -0.39 is 0 Å². The molecule has 0 aromatic heterocycles. The van der Waals surface area contributed by atoms with E-state index in [0.717, 1.165) is 48.3 Å². The standard InChI is InChI=1S/C37H58O2/c1-25(2)11-10-12-26(3)31-17-18-32-30-16-15-28-23-29(19-21-36(28,6)33(30)20-22-37(31,32)7)39-34(38)24-35(4,5)27-13-8-9-14-27/h8-9,13-15,25-27,29-33H,10-12,16-24H2,1-7H3/t26-,29+,30+,31-,32+,33+,36+,37-/m1/s1. The molecule has 0 heterocycles. The maximum Gasteiger partial charge on any atom is 0.306 e. The number of rotatable bonds is 9. The van der Waals surface area contributed by atoms with Gasteiger partial charge in [-0.3, -0.25) is 4.79 Å². The molecule has 0 amide bonds. The van der Waals surface area contributed by atoms with Crippen LogP contribution in [0.5, 0.6) is 0 Å². The van der Waals surface area contributed by atoms with Crippen LogP contribution in [-0.2, 0) is 9.53 Å². The van der Waals surface area contributed by atoms with Gasteiger partial charge in [0.25, 0.3) is 0 Å². The van der Waals surface area contributed by atoms with Crippen molar-refractivity contribution >= 4 is 5.97 Å². The van der Waals surface area contributed by atoms with Gasteiger partial charge in [0.15, 0.2) is 0 Å². The SMILES string of the molecule is CC(C)CCC[C@@H](C)[C@H]1CC[C@H]2[C@@H]3CC=C4C[C@@H](OC(=O)CC(C)(C)C5C=CC=C5)CC[C@]4(C)[C@H]3CC[C@]12C. The number of fused-ring (bicyclic) bond motifs is 5. The molecule has 5 aliphatic carbocycles. The zero-order chi connectivity index (χ0) is 28.0. The molecule has 3 fully saturated rings. The summed E-state index contributed by atoms with van der Waals surface area (Å²) in [6.45, 7) is 17.0. The lowest BCUT2D eigenvalue weighted by atomic mass is 9.47. The Bertz CT molecular complexity index is 971. The van der Waals surface area contributed by atoms with Crippen LogP contribution in [0, 0.1) is 57.7 Å². The van der Waals surface area contributed by atoms with Gasteiger partial charge >= 0.3 is 5.97 Å². The molecule has 0 N–H and O–H groups in total. The highest BCUT2D eigenvalue weighted by Gasteiger charge is 2.59. The van der Waals surface area contributed by atoms with Crippen molar-refractivity contribution in [2.24, 2.45) is 57.7 Å². The van der Waals surface area contributed by atoms with Gasteiger partial charge in [-0.25, -0.2) is 0 Å². The topological polar surface area (TPSA) is 26.3 Å². The van der Waals surface area contributed by atoms with Gasteiger partial charge in [-0.1, -0.05) is 104 Å². The van der Waals surface area contributed by atoms with E-state index in [-0.39, 0.29) is 17.5 Å². The number of hydrogen-bond acceptors (Lipinski definition) is 2. The molecular weight excluding hydrogens is 476 g/mol. The fraction of sp³-hybridized carbons (Fsp3) is 0.811. The molecule has 2 nitrogen and oxygen atoms in total. The lowest BCUT2D eigenvalue weighted by molar-refractivity contribution is -0.154. The summed E-state index contributed by atoms with van der Waals surface area (Å²) in [5.41, 5.74) is 2.38. The molecule has 0 bridgehead atoms. The average molecular weight is 535 g/mol. The van der Waals surface area contributed by atoms with Crippen LogP contribution in [0.15, 0.2) is 36.0 Å². The fourth-order valence-electron chi connectivity index (χ4n) is 10.4. The summed E-state index contributed by atoms with van der Waals surface area (Å²) in [6.07, 6.45) is 26.2. The second-order valence-electron chi connectivity index (χ2n) is 16.1. The van der Waals surface area contributed by atoms with Crippen molar-refractivity contribution in [1.29, 1.82) is 0 Å². The van der Waals surface area contributed by atoms with Crippen LogP contribution in [0.25, 0.3) is 0 Å². The van der Waals surface area contributed by atoms with Gasteiger partial charge < -0.3 is 4.74 Å². The fourth-order valence-corrected chi connectivity index (χ4v) is 10.4. The van der Waals surface area contributed by atoms with E-state index in [1.54, 1.807) is 5.57 Å². The molecule has 0 aliphatic heterocycles. The van der Waals surface area contributed by atoms with Crippen molar-refractivity contribution in [1.82, 2.24) is 0 Å². The van der Waals surface area contributed by atoms with E-state index in [2.05, 4.69) is 78.8 Å². The third kappa shape index (κ3) is 5.61. The minimum atomic E-state index is -0.0963. The zero-order valence-corrected chi connectivity index (χ0v) is 26.3. The lowest BCUT2D eigenvalue weighted by Gasteiger charge is -2.58. The Kier molecular flexibility index (Phi) is 8.36. The molecule has 0 saturated heterocycles. The van der Waals surface area contributed by atoms with Gasteiger partial charge in [-0.2, -0.15) is 0 Å². The van der Waals surface area contributed by atoms with Gasteiger partial charge in [-0.15, -0.1) is 0 Å². The molecule has 8 atom stereocenters. The first kappa shape index (κ1) is 29.2. The summed E-state index contributed by atoms with van der Waals surface area (Å²) in [6, 6.07) is 0. The van der Waals surface area contributed by atoms with Crippen molar-refractivity contribution in [2.75, 3.05) is 0 Å². The minimum absolute atomic E-state index is 0.00969. The second-order valence-corrected chi connectivity index (χ2v) is 16.1. The summed E-state index contributed by atoms with van der Waals surface area (Å²) in [5, 5.41) is 0. The molecular formula is C37H58O2. The Morgan fingerprint density at radius 2 is 1.74 bits per heavy atom. The monoisotopic (exact) mass is 534 g/mol. The van der Waals surface area contributed by atoms with Crippen LogP contribution in [0.1, 0.15) is 126 Å². The van der Waals surface area contributed by atoms with E-state index in [1.165, 1.54) is 57.8 Å². The van der Waals surface area contributed by atoms with E-state index in [1.807, 2.05) is 0 Å².